The molecule has 0 bridgehead atoms. The van der Waals surface area contributed by atoms with Crippen LogP contribution in [0.4, 0.5) is 4.39 Å². The normalized spacial score (nSPS) is 10.8. The summed E-state index contributed by atoms with van der Waals surface area (Å²) in [5, 5.41) is 13.6. The van der Waals surface area contributed by atoms with Gasteiger partial charge < -0.3 is 9.63 Å². The van der Waals surface area contributed by atoms with Crippen LogP contribution in [0.15, 0.2) is 40.9 Å². The van der Waals surface area contributed by atoms with Crippen molar-refractivity contribution in [2.75, 3.05) is 0 Å². The molecule has 4 nitrogen and oxygen atoms in total. The van der Waals surface area contributed by atoms with Crippen LogP contribution in [0.1, 0.15) is 11.1 Å². The smallest absolute Gasteiger partial charge is 0.258 e. The van der Waals surface area contributed by atoms with Crippen LogP contribution in [-0.2, 0) is 0 Å². The van der Waals surface area contributed by atoms with E-state index in [1.54, 1.807) is 44.2 Å². The maximum Gasteiger partial charge on any atom is 0.258 e. The van der Waals surface area contributed by atoms with Crippen LogP contribution in [0.3, 0.4) is 0 Å². The summed E-state index contributed by atoms with van der Waals surface area (Å²) in [5.74, 6) is 0.451. The topological polar surface area (TPSA) is 59.2 Å². The summed E-state index contributed by atoms with van der Waals surface area (Å²) in [6.45, 7) is 3.46. The summed E-state index contributed by atoms with van der Waals surface area (Å²) >= 11 is 0. The van der Waals surface area contributed by atoms with Crippen molar-refractivity contribution in [1.82, 2.24) is 10.1 Å². The zero-order chi connectivity index (χ0) is 15.0. The van der Waals surface area contributed by atoms with Crippen LogP contribution in [0.5, 0.6) is 5.75 Å². The van der Waals surface area contributed by atoms with Gasteiger partial charge in [0.15, 0.2) is 0 Å². The first-order valence-electron chi connectivity index (χ1n) is 6.45. The van der Waals surface area contributed by atoms with Gasteiger partial charge >= 0.3 is 0 Å². The number of aromatic hydroxyl groups is 1. The Morgan fingerprint density at radius 1 is 1.14 bits per heavy atom. The monoisotopic (exact) mass is 284 g/mol. The lowest BCUT2D eigenvalue weighted by Gasteiger charge is -2.02. The molecule has 0 spiro atoms. The number of rotatable bonds is 2. The average Bonchev–Trinajstić information content (AvgIpc) is 2.94. The van der Waals surface area contributed by atoms with Crippen molar-refractivity contribution in [3.05, 3.63) is 53.3 Å². The predicted octanol–water partition coefficient (Wildman–Crippen LogP) is 3.87. The highest BCUT2D eigenvalue weighted by Gasteiger charge is 2.14. The van der Waals surface area contributed by atoms with E-state index in [-0.39, 0.29) is 11.6 Å². The minimum atomic E-state index is -0.313. The highest BCUT2D eigenvalue weighted by Crippen LogP contribution is 2.29. The minimum absolute atomic E-state index is 0.161. The van der Waals surface area contributed by atoms with Crippen molar-refractivity contribution in [1.29, 1.82) is 0 Å². The minimum Gasteiger partial charge on any atom is -0.508 e. The quantitative estimate of drug-likeness (QED) is 0.776. The highest BCUT2D eigenvalue weighted by molar-refractivity contribution is 5.64. The Labute approximate surface area is 120 Å². The number of aromatic nitrogens is 2. The maximum atomic E-state index is 13.6. The second-order valence-corrected chi connectivity index (χ2v) is 4.84. The third-order valence-electron chi connectivity index (χ3n) is 3.39. The van der Waals surface area contributed by atoms with Gasteiger partial charge in [0.25, 0.3) is 5.89 Å². The molecule has 2 aromatic carbocycles. The van der Waals surface area contributed by atoms with Crippen molar-refractivity contribution in [2.45, 2.75) is 13.8 Å². The molecular formula is C16H13FN2O2. The van der Waals surface area contributed by atoms with E-state index in [2.05, 4.69) is 10.1 Å². The van der Waals surface area contributed by atoms with Gasteiger partial charge in [-0.05, 0) is 37.6 Å². The molecule has 0 atom stereocenters. The molecule has 3 aromatic rings. The molecule has 21 heavy (non-hydrogen) atoms. The molecule has 106 valence electrons. The van der Waals surface area contributed by atoms with Crippen LogP contribution < -0.4 is 0 Å². The van der Waals surface area contributed by atoms with E-state index in [9.17, 15) is 9.50 Å². The van der Waals surface area contributed by atoms with E-state index in [0.29, 0.717) is 34.0 Å². The summed E-state index contributed by atoms with van der Waals surface area (Å²) in [6.07, 6.45) is 0. The second kappa shape index (κ2) is 5.01. The van der Waals surface area contributed by atoms with Gasteiger partial charge in [-0.25, -0.2) is 4.39 Å². The van der Waals surface area contributed by atoms with Gasteiger partial charge in [-0.3, -0.25) is 0 Å². The first-order valence-corrected chi connectivity index (χ1v) is 6.45. The fourth-order valence-electron chi connectivity index (χ4n) is 2.04. The lowest BCUT2D eigenvalue weighted by atomic mass is 10.1. The van der Waals surface area contributed by atoms with E-state index in [4.69, 9.17) is 4.52 Å². The van der Waals surface area contributed by atoms with Crippen LogP contribution in [0.2, 0.25) is 0 Å². The third kappa shape index (κ3) is 2.38. The zero-order valence-electron chi connectivity index (χ0n) is 11.6. The van der Waals surface area contributed by atoms with E-state index in [1.165, 1.54) is 6.07 Å². The van der Waals surface area contributed by atoms with Crippen LogP contribution in [0.25, 0.3) is 22.8 Å². The average molecular weight is 284 g/mol. The van der Waals surface area contributed by atoms with Gasteiger partial charge in [0, 0.05) is 16.7 Å². The molecule has 3 rings (SSSR count). The van der Waals surface area contributed by atoms with Gasteiger partial charge in [-0.2, -0.15) is 4.98 Å². The SMILES string of the molecule is Cc1ccc(-c2noc(-c3cccc(O)c3C)n2)cc1F. The molecule has 0 amide bonds. The van der Waals surface area contributed by atoms with Crippen LogP contribution in [0, 0.1) is 19.7 Å². The Balaban J connectivity index is 2.03. The number of phenols is 1. The third-order valence-corrected chi connectivity index (χ3v) is 3.39. The number of hydrogen-bond acceptors (Lipinski definition) is 4. The number of hydrogen-bond donors (Lipinski definition) is 1. The van der Waals surface area contributed by atoms with Gasteiger partial charge in [0.05, 0.1) is 0 Å². The number of halogens is 1. The molecule has 0 saturated carbocycles. The van der Waals surface area contributed by atoms with Crippen molar-refractivity contribution in [3.8, 4) is 28.6 Å². The van der Waals surface area contributed by atoms with Gasteiger partial charge in [0.1, 0.15) is 11.6 Å². The van der Waals surface area contributed by atoms with Crippen molar-refractivity contribution in [2.24, 2.45) is 0 Å². The molecule has 0 aliphatic carbocycles. The molecule has 0 aliphatic rings. The van der Waals surface area contributed by atoms with Crippen molar-refractivity contribution < 1.29 is 14.0 Å². The van der Waals surface area contributed by atoms with Crippen LogP contribution >= 0.6 is 0 Å². The van der Waals surface area contributed by atoms with Crippen molar-refractivity contribution in [3.63, 3.8) is 0 Å². The van der Waals surface area contributed by atoms with E-state index in [1.807, 2.05) is 0 Å². The summed E-state index contributed by atoms with van der Waals surface area (Å²) in [5.41, 5.74) is 2.42. The lowest BCUT2D eigenvalue weighted by molar-refractivity contribution is 0.430. The first kappa shape index (κ1) is 13.3. The zero-order valence-corrected chi connectivity index (χ0v) is 11.6. The molecule has 1 aromatic heterocycles. The van der Waals surface area contributed by atoms with E-state index < -0.39 is 0 Å². The molecule has 1 N–H and O–H groups in total. The fraction of sp³-hybridized carbons (Fsp3) is 0.125. The Morgan fingerprint density at radius 2 is 1.95 bits per heavy atom. The molecule has 0 aliphatic heterocycles. The maximum absolute atomic E-state index is 13.6. The number of phenolic OH excluding ortho intramolecular Hbond substituents is 1. The van der Waals surface area contributed by atoms with Gasteiger partial charge in [0.2, 0.25) is 5.82 Å². The molecular weight excluding hydrogens is 271 g/mol. The first-order chi connectivity index (χ1) is 10.1. The van der Waals surface area contributed by atoms with Crippen LogP contribution in [-0.4, -0.2) is 15.2 Å². The summed E-state index contributed by atoms with van der Waals surface area (Å²) < 4.78 is 18.8. The Kier molecular flexibility index (Phi) is 3.17. The summed E-state index contributed by atoms with van der Waals surface area (Å²) in [6, 6.07) is 9.85. The van der Waals surface area contributed by atoms with Gasteiger partial charge in [-0.1, -0.05) is 23.4 Å². The molecule has 1 heterocycles. The van der Waals surface area contributed by atoms with E-state index >= 15 is 0 Å². The van der Waals surface area contributed by atoms with Crippen molar-refractivity contribution >= 4 is 0 Å². The number of benzene rings is 2. The molecule has 0 saturated heterocycles. The summed E-state index contributed by atoms with van der Waals surface area (Å²) in [7, 11) is 0. The summed E-state index contributed by atoms with van der Waals surface area (Å²) in [4.78, 5) is 4.27. The molecule has 0 unspecified atom stereocenters. The number of aryl methyl sites for hydroxylation is 1. The largest absolute Gasteiger partial charge is 0.508 e. The van der Waals surface area contributed by atoms with E-state index in [0.717, 1.165) is 0 Å². The Bertz CT molecular complexity index is 812. The second-order valence-electron chi connectivity index (χ2n) is 4.84. The molecule has 0 fully saturated rings. The standard InChI is InChI=1S/C16H13FN2O2/c1-9-6-7-11(8-13(9)17)15-18-16(21-19-15)12-4-3-5-14(20)10(12)2/h3-8,20H,1-2H3. The predicted molar refractivity (Wildman–Crippen MR) is 76.3 cm³/mol. The molecule has 5 heteroatoms. The lowest BCUT2D eigenvalue weighted by Crippen LogP contribution is -1.87. The number of nitrogens with zero attached hydrogens (tertiary/aromatic N) is 2. The molecule has 0 radical (unpaired) electrons. The highest BCUT2D eigenvalue weighted by atomic mass is 19.1. The Hall–Kier alpha value is -2.69. The van der Waals surface area contributed by atoms with Gasteiger partial charge in [-0.15, -0.1) is 0 Å². The Morgan fingerprint density at radius 3 is 2.71 bits per heavy atom. The fourth-order valence-corrected chi connectivity index (χ4v) is 2.04.